The Labute approximate surface area is 157 Å². The van der Waals surface area contributed by atoms with Crippen molar-refractivity contribution in [1.82, 2.24) is 19.3 Å². The van der Waals surface area contributed by atoms with E-state index in [4.69, 9.17) is 0 Å². The summed E-state index contributed by atoms with van der Waals surface area (Å²) in [6, 6.07) is 21.6. The number of benzene rings is 2. The smallest absolute Gasteiger partial charge is 0.245 e. The molecule has 2 heterocycles. The minimum absolute atomic E-state index is 0.125. The SMILES string of the molecule is O=C(Cn1ccnc1-c1ccccc1)Nc1ccnn1Cc1ccccc1. The molecule has 2 aromatic carbocycles. The highest BCUT2D eigenvalue weighted by Gasteiger charge is 2.12. The van der Waals surface area contributed by atoms with Crippen molar-refractivity contribution in [2.24, 2.45) is 0 Å². The highest BCUT2D eigenvalue weighted by atomic mass is 16.2. The molecule has 1 amide bonds. The summed E-state index contributed by atoms with van der Waals surface area (Å²) in [5.74, 6) is 1.31. The van der Waals surface area contributed by atoms with Crippen LogP contribution in [0.15, 0.2) is 85.3 Å². The second-order valence-corrected chi connectivity index (χ2v) is 6.15. The molecule has 134 valence electrons. The van der Waals surface area contributed by atoms with Crippen LogP contribution in [0.2, 0.25) is 0 Å². The van der Waals surface area contributed by atoms with Gasteiger partial charge in [0.15, 0.2) is 0 Å². The molecule has 6 heteroatoms. The first-order valence-electron chi connectivity index (χ1n) is 8.72. The third-order valence-electron chi connectivity index (χ3n) is 4.22. The van der Waals surface area contributed by atoms with Gasteiger partial charge in [0.1, 0.15) is 18.2 Å². The lowest BCUT2D eigenvalue weighted by molar-refractivity contribution is -0.116. The van der Waals surface area contributed by atoms with Crippen molar-refractivity contribution >= 4 is 11.7 Å². The Bertz CT molecular complexity index is 1020. The standard InChI is InChI=1S/C21H19N5O/c27-20(16-25-14-13-22-21(25)18-9-5-2-6-10-18)24-19-11-12-23-26(19)15-17-7-3-1-4-8-17/h1-14H,15-16H2,(H,24,27). The Balaban J connectivity index is 1.46. The number of hydrogen-bond acceptors (Lipinski definition) is 3. The molecule has 4 rings (SSSR count). The maximum Gasteiger partial charge on any atom is 0.245 e. The molecule has 0 unspecified atom stereocenters. The molecular formula is C21H19N5O. The first-order chi connectivity index (χ1) is 13.3. The van der Waals surface area contributed by atoms with E-state index >= 15 is 0 Å². The quantitative estimate of drug-likeness (QED) is 0.575. The number of carbonyl (C=O) groups excluding carboxylic acids is 1. The second kappa shape index (κ2) is 7.70. The molecule has 0 aliphatic carbocycles. The number of amides is 1. The average Bonchev–Trinajstić information content (AvgIpc) is 3.33. The third-order valence-corrected chi connectivity index (χ3v) is 4.22. The molecule has 0 atom stereocenters. The van der Waals surface area contributed by atoms with Crippen LogP contribution in [0.25, 0.3) is 11.4 Å². The van der Waals surface area contributed by atoms with Crippen LogP contribution < -0.4 is 5.32 Å². The van der Waals surface area contributed by atoms with Crippen LogP contribution in [0, 0.1) is 0 Å². The van der Waals surface area contributed by atoms with Crippen LogP contribution in [0.1, 0.15) is 5.56 Å². The largest absolute Gasteiger partial charge is 0.322 e. The molecule has 6 nitrogen and oxygen atoms in total. The molecule has 4 aromatic rings. The van der Waals surface area contributed by atoms with Crippen molar-refractivity contribution in [2.45, 2.75) is 13.1 Å². The Morgan fingerprint density at radius 1 is 0.926 bits per heavy atom. The van der Waals surface area contributed by atoms with Crippen molar-refractivity contribution in [1.29, 1.82) is 0 Å². The number of carbonyl (C=O) groups is 1. The summed E-state index contributed by atoms with van der Waals surface area (Å²) in [5, 5.41) is 7.25. The fourth-order valence-corrected chi connectivity index (χ4v) is 2.94. The first kappa shape index (κ1) is 16.8. The van der Waals surface area contributed by atoms with Gasteiger partial charge in [-0.2, -0.15) is 5.10 Å². The Morgan fingerprint density at radius 2 is 1.67 bits per heavy atom. The maximum atomic E-state index is 12.6. The maximum absolute atomic E-state index is 12.6. The monoisotopic (exact) mass is 357 g/mol. The highest BCUT2D eigenvalue weighted by Crippen LogP contribution is 2.17. The third kappa shape index (κ3) is 3.95. The molecule has 0 aliphatic rings. The van der Waals surface area contributed by atoms with Gasteiger partial charge >= 0.3 is 0 Å². The van der Waals surface area contributed by atoms with E-state index in [1.165, 1.54) is 0 Å². The molecule has 0 saturated carbocycles. The van der Waals surface area contributed by atoms with Crippen LogP contribution in [0.5, 0.6) is 0 Å². The molecule has 1 N–H and O–H groups in total. The average molecular weight is 357 g/mol. The molecule has 0 spiro atoms. The number of nitrogens with zero attached hydrogens (tertiary/aromatic N) is 4. The molecule has 0 fully saturated rings. The number of imidazole rings is 1. The van der Waals surface area contributed by atoms with Crippen molar-refractivity contribution in [3.63, 3.8) is 0 Å². The van der Waals surface area contributed by atoms with Crippen molar-refractivity contribution in [2.75, 3.05) is 5.32 Å². The van der Waals surface area contributed by atoms with Gasteiger partial charge in [-0.15, -0.1) is 0 Å². The molecule has 27 heavy (non-hydrogen) atoms. The van der Waals surface area contributed by atoms with Gasteiger partial charge in [-0.05, 0) is 5.56 Å². The lowest BCUT2D eigenvalue weighted by atomic mass is 10.2. The number of anilines is 1. The summed E-state index contributed by atoms with van der Waals surface area (Å²) in [4.78, 5) is 16.9. The topological polar surface area (TPSA) is 64.7 Å². The predicted molar refractivity (Wildman–Crippen MR) is 104 cm³/mol. The zero-order valence-corrected chi connectivity index (χ0v) is 14.7. The van der Waals surface area contributed by atoms with Crippen LogP contribution >= 0.6 is 0 Å². The molecule has 2 aromatic heterocycles. The number of hydrogen-bond donors (Lipinski definition) is 1. The number of nitrogens with one attached hydrogen (secondary N) is 1. The fraction of sp³-hybridized carbons (Fsp3) is 0.0952. The van der Waals surface area contributed by atoms with E-state index in [-0.39, 0.29) is 12.5 Å². The van der Waals surface area contributed by atoms with E-state index < -0.39 is 0 Å². The summed E-state index contributed by atoms with van der Waals surface area (Å²) in [7, 11) is 0. The normalized spacial score (nSPS) is 10.7. The molecular weight excluding hydrogens is 338 g/mol. The molecule has 0 aliphatic heterocycles. The minimum atomic E-state index is -0.125. The predicted octanol–water partition coefficient (Wildman–Crippen LogP) is 3.43. The summed E-state index contributed by atoms with van der Waals surface area (Å²) in [6.45, 7) is 0.782. The van der Waals surface area contributed by atoms with Gasteiger partial charge in [-0.3, -0.25) is 4.79 Å². The van der Waals surface area contributed by atoms with E-state index in [1.807, 2.05) is 71.4 Å². The zero-order chi connectivity index (χ0) is 18.5. The Hall–Kier alpha value is -3.67. The zero-order valence-electron chi connectivity index (χ0n) is 14.7. The van der Waals surface area contributed by atoms with E-state index in [9.17, 15) is 4.79 Å². The van der Waals surface area contributed by atoms with Gasteiger partial charge in [0.05, 0.1) is 12.7 Å². The van der Waals surface area contributed by atoms with Crippen LogP contribution in [-0.2, 0) is 17.9 Å². The van der Waals surface area contributed by atoms with Gasteiger partial charge in [-0.25, -0.2) is 9.67 Å². The van der Waals surface area contributed by atoms with Crippen LogP contribution in [-0.4, -0.2) is 25.2 Å². The van der Waals surface area contributed by atoms with Crippen molar-refractivity contribution in [3.05, 3.63) is 90.9 Å². The van der Waals surface area contributed by atoms with E-state index in [1.54, 1.807) is 23.1 Å². The van der Waals surface area contributed by atoms with E-state index in [2.05, 4.69) is 15.4 Å². The van der Waals surface area contributed by atoms with Gasteiger partial charge in [0.25, 0.3) is 0 Å². The lowest BCUT2D eigenvalue weighted by Crippen LogP contribution is -2.21. The van der Waals surface area contributed by atoms with Gasteiger partial charge in [0.2, 0.25) is 5.91 Å². The van der Waals surface area contributed by atoms with Crippen LogP contribution in [0.3, 0.4) is 0 Å². The van der Waals surface area contributed by atoms with Crippen molar-refractivity contribution in [3.8, 4) is 11.4 Å². The Kier molecular flexibility index (Phi) is 4.78. The fourth-order valence-electron chi connectivity index (χ4n) is 2.94. The van der Waals surface area contributed by atoms with Crippen molar-refractivity contribution < 1.29 is 4.79 Å². The summed E-state index contributed by atoms with van der Waals surface area (Å²) >= 11 is 0. The van der Waals surface area contributed by atoms with Gasteiger partial charge in [-0.1, -0.05) is 60.7 Å². The number of aromatic nitrogens is 4. The summed E-state index contributed by atoms with van der Waals surface area (Å²) < 4.78 is 3.61. The minimum Gasteiger partial charge on any atom is -0.322 e. The first-order valence-corrected chi connectivity index (χ1v) is 8.72. The molecule has 0 radical (unpaired) electrons. The van der Waals surface area contributed by atoms with Crippen LogP contribution in [0.4, 0.5) is 5.82 Å². The highest BCUT2D eigenvalue weighted by molar-refractivity contribution is 5.90. The van der Waals surface area contributed by atoms with Gasteiger partial charge < -0.3 is 9.88 Å². The summed E-state index contributed by atoms with van der Waals surface area (Å²) in [6.07, 6.45) is 5.20. The molecule has 0 saturated heterocycles. The van der Waals surface area contributed by atoms with E-state index in [0.717, 1.165) is 17.0 Å². The lowest BCUT2D eigenvalue weighted by Gasteiger charge is -2.11. The van der Waals surface area contributed by atoms with Gasteiger partial charge in [0, 0.05) is 24.0 Å². The second-order valence-electron chi connectivity index (χ2n) is 6.15. The molecule has 0 bridgehead atoms. The summed E-state index contributed by atoms with van der Waals surface area (Å²) in [5.41, 5.74) is 2.10. The number of rotatable bonds is 6. The van der Waals surface area contributed by atoms with E-state index in [0.29, 0.717) is 12.4 Å². The Morgan fingerprint density at radius 3 is 2.44 bits per heavy atom.